The van der Waals surface area contributed by atoms with Gasteiger partial charge in [-0.1, -0.05) is 64.3 Å². The van der Waals surface area contributed by atoms with Crippen LogP contribution in [0.1, 0.15) is 70.4 Å². The molecule has 3 rings (SSSR count). The zero-order valence-electron chi connectivity index (χ0n) is 27.0. The summed E-state index contributed by atoms with van der Waals surface area (Å²) >= 11 is 0. The fourth-order valence-corrected chi connectivity index (χ4v) is 5.02. The van der Waals surface area contributed by atoms with Crippen molar-refractivity contribution in [2.75, 3.05) is 53.9 Å². The van der Waals surface area contributed by atoms with Gasteiger partial charge in [-0.25, -0.2) is 0 Å². The van der Waals surface area contributed by atoms with Gasteiger partial charge in [-0.05, 0) is 54.7 Å². The fourth-order valence-electron chi connectivity index (χ4n) is 5.02. The predicted molar refractivity (Wildman–Crippen MR) is 168 cm³/mol. The van der Waals surface area contributed by atoms with E-state index in [4.69, 9.17) is 37.9 Å². The van der Waals surface area contributed by atoms with Gasteiger partial charge in [-0.3, -0.25) is 0 Å². The third kappa shape index (κ3) is 11.3. The van der Waals surface area contributed by atoms with E-state index in [0.29, 0.717) is 39.6 Å². The highest BCUT2D eigenvalue weighted by molar-refractivity contribution is 5.27. The molecule has 1 aliphatic rings. The van der Waals surface area contributed by atoms with Crippen LogP contribution in [-0.4, -0.2) is 77.8 Å². The molecule has 2 aromatic rings. The third-order valence-corrected chi connectivity index (χ3v) is 7.70. The largest absolute Gasteiger partial charge is 0.497 e. The van der Waals surface area contributed by atoms with Crippen molar-refractivity contribution in [3.8, 4) is 11.5 Å². The fraction of sp³-hybridized carbons (Fsp3) is 0.657. The zero-order valence-corrected chi connectivity index (χ0v) is 27.0. The van der Waals surface area contributed by atoms with Gasteiger partial charge in [0.15, 0.2) is 0 Å². The first-order chi connectivity index (χ1) is 21.1. The molecule has 0 aliphatic carbocycles. The Labute approximate surface area is 259 Å². The lowest BCUT2D eigenvalue weighted by atomic mass is 9.87. The molecular weight excluding hydrogens is 548 g/mol. The summed E-state index contributed by atoms with van der Waals surface area (Å²) in [5.74, 6) is 1.63. The maximum atomic E-state index is 6.72. The Morgan fingerprint density at radius 2 is 1.12 bits per heavy atom. The van der Waals surface area contributed by atoms with E-state index in [1.165, 1.54) is 0 Å². The molecule has 8 heteroatoms. The second-order valence-corrected chi connectivity index (χ2v) is 11.2. The van der Waals surface area contributed by atoms with Crippen LogP contribution in [0.25, 0.3) is 0 Å². The lowest BCUT2D eigenvalue weighted by Crippen LogP contribution is -2.67. The minimum absolute atomic E-state index is 0.230. The zero-order chi connectivity index (χ0) is 30.8. The first kappa shape index (κ1) is 35.3. The molecule has 1 fully saturated rings. The van der Waals surface area contributed by atoms with Gasteiger partial charge >= 0.3 is 0 Å². The van der Waals surface area contributed by atoms with E-state index in [1.807, 2.05) is 48.5 Å². The van der Waals surface area contributed by atoms with Crippen molar-refractivity contribution in [1.29, 1.82) is 0 Å². The van der Waals surface area contributed by atoms with Gasteiger partial charge in [0.25, 0.3) is 0 Å². The Morgan fingerprint density at radius 3 is 1.58 bits per heavy atom. The maximum Gasteiger partial charge on any atom is 0.143 e. The van der Waals surface area contributed by atoms with Crippen molar-refractivity contribution in [2.45, 2.75) is 96.4 Å². The lowest BCUT2D eigenvalue weighted by Gasteiger charge is -2.49. The smallest absolute Gasteiger partial charge is 0.143 e. The normalized spacial score (nSPS) is 19.8. The van der Waals surface area contributed by atoms with Crippen LogP contribution in [0.2, 0.25) is 0 Å². The Bertz CT molecular complexity index is 927. The van der Waals surface area contributed by atoms with E-state index in [0.717, 1.165) is 61.2 Å². The molecule has 3 atom stereocenters. The van der Waals surface area contributed by atoms with Crippen molar-refractivity contribution >= 4 is 0 Å². The van der Waals surface area contributed by atoms with Crippen LogP contribution in [-0.2, 0) is 41.6 Å². The molecule has 0 bridgehead atoms. The molecule has 0 radical (unpaired) electrons. The SMILES string of the molecule is CCCCO[C@@H]1[C@@H](OCCCC)COC(COCc2ccc(OC)cc2)(COCc2ccc(OC)cc2)[C@H]1OCCCC. The topological polar surface area (TPSA) is 73.8 Å². The summed E-state index contributed by atoms with van der Waals surface area (Å²) in [5.41, 5.74) is 1.21. The monoisotopic (exact) mass is 602 g/mol. The van der Waals surface area contributed by atoms with E-state index in [1.54, 1.807) is 14.2 Å². The summed E-state index contributed by atoms with van der Waals surface area (Å²) in [6.45, 7) is 10.2. The van der Waals surface area contributed by atoms with Crippen molar-refractivity contribution < 1.29 is 37.9 Å². The van der Waals surface area contributed by atoms with Crippen LogP contribution in [0.3, 0.4) is 0 Å². The molecule has 0 N–H and O–H groups in total. The number of rotatable bonds is 22. The second kappa shape index (κ2) is 20.0. The molecule has 0 unspecified atom stereocenters. The van der Waals surface area contributed by atoms with Crippen LogP contribution in [0, 0.1) is 0 Å². The van der Waals surface area contributed by atoms with Gasteiger partial charge in [0.1, 0.15) is 35.4 Å². The number of unbranched alkanes of at least 4 members (excludes halogenated alkanes) is 3. The van der Waals surface area contributed by atoms with Crippen LogP contribution in [0.15, 0.2) is 48.5 Å². The van der Waals surface area contributed by atoms with E-state index in [-0.39, 0.29) is 25.4 Å². The standard InChI is InChI=1S/C35H54O8/c1-6-9-20-40-32-25-43-35(26-38-23-28-12-16-30(36-4)17-13-28,27-39-24-29-14-18-31(37-5)19-15-29)34(42-22-11-8-3)33(32)41-21-10-7-2/h12-19,32-34H,6-11,20-27H2,1-5H3/t32-,33+,34-/m0/s1. The summed E-state index contributed by atoms with van der Waals surface area (Å²) in [6, 6.07) is 15.8. The number of benzene rings is 2. The molecule has 1 heterocycles. The summed E-state index contributed by atoms with van der Waals surface area (Å²) in [6.07, 6.45) is 5.07. The molecule has 0 spiro atoms. The molecule has 0 amide bonds. The first-order valence-electron chi connectivity index (χ1n) is 16.0. The lowest BCUT2D eigenvalue weighted by molar-refractivity contribution is -0.293. The molecule has 1 saturated heterocycles. The number of hydrogen-bond donors (Lipinski definition) is 0. The van der Waals surface area contributed by atoms with E-state index < -0.39 is 11.7 Å². The van der Waals surface area contributed by atoms with Crippen LogP contribution >= 0.6 is 0 Å². The molecular formula is C35H54O8. The number of hydrogen-bond acceptors (Lipinski definition) is 8. The Morgan fingerprint density at radius 1 is 0.651 bits per heavy atom. The molecule has 43 heavy (non-hydrogen) atoms. The van der Waals surface area contributed by atoms with Crippen molar-refractivity contribution in [3.63, 3.8) is 0 Å². The molecule has 0 saturated carbocycles. The number of ether oxygens (including phenoxy) is 8. The minimum Gasteiger partial charge on any atom is -0.497 e. The molecule has 0 aromatic heterocycles. The highest BCUT2D eigenvalue weighted by atomic mass is 16.6. The average molecular weight is 603 g/mol. The highest BCUT2D eigenvalue weighted by Gasteiger charge is 2.53. The Balaban J connectivity index is 1.84. The van der Waals surface area contributed by atoms with E-state index in [9.17, 15) is 0 Å². The van der Waals surface area contributed by atoms with E-state index >= 15 is 0 Å². The van der Waals surface area contributed by atoms with Gasteiger partial charge in [-0.2, -0.15) is 0 Å². The minimum atomic E-state index is -0.881. The average Bonchev–Trinajstić information content (AvgIpc) is 3.04. The number of methoxy groups -OCH3 is 2. The molecule has 2 aromatic carbocycles. The van der Waals surface area contributed by atoms with E-state index in [2.05, 4.69) is 20.8 Å². The Kier molecular flexibility index (Phi) is 16.4. The van der Waals surface area contributed by atoms with Gasteiger partial charge in [0.05, 0.1) is 47.3 Å². The molecule has 1 aliphatic heterocycles. The summed E-state index contributed by atoms with van der Waals surface area (Å²) in [5, 5.41) is 0. The van der Waals surface area contributed by atoms with Crippen LogP contribution in [0.5, 0.6) is 11.5 Å². The van der Waals surface area contributed by atoms with Crippen LogP contribution in [0.4, 0.5) is 0 Å². The van der Waals surface area contributed by atoms with Gasteiger partial charge in [0, 0.05) is 19.8 Å². The summed E-state index contributed by atoms with van der Waals surface area (Å²) in [7, 11) is 3.33. The summed E-state index contributed by atoms with van der Waals surface area (Å²) < 4.78 is 49.7. The molecule has 8 nitrogen and oxygen atoms in total. The maximum absolute atomic E-state index is 6.72. The van der Waals surface area contributed by atoms with Crippen LogP contribution < -0.4 is 9.47 Å². The Hall–Kier alpha value is -2.20. The quantitative estimate of drug-likeness (QED) is 0.137. The van der Waals surface area contributed by atoms with Crippen molar-refractivity contribution in [2.24, 2.45) is 0 Å². The van der Waals surface area contributed by atoms with Gasteiger partial charge < -0.3 is 37.9 Å². The summed E-state index contributed by atoms with van der Waals surface area (Å²) in [4.78, 5) is 0. The van der Waals surface area contributed by atoms with Crippen molar-refractivity contribution in [1.82, 2.24) is 0 Å². The third-order valence-electron chi connectivity index (χ3n) is 7.70. The van der Waals surface area contributed by atoms with Gasteiger partial charge in [0.2, 0.25) is 0 Å². The molecule has 242 valence electrons. The second-order valence-electron chi connectivity index (χ2n) is 11.2. The highest BCUT2D eigenvalue weighted by Crippen LogP contribution is 2.34. The van der Waals surface area contributed by atoms with Crippen molar-refractivity contribution in [3.05, 3.63) is 59.7 Å². The van der Waals surface area contributed by atoms with Gasteiger partial charge in [-0.15, -0.1) is 0 Å². The first-order valence-corrected chi connectivity index (χ1v) is 16.0. The predicted octanol–water partition coefficient (Wildman–Crippen LogP) is 6.76.